The van der Waals surface area contributed by atoms with Gasteiger partial charge in [-0.1, -0.05) is 0 Å². The van der Waals surface area contributed by atoms with E-state index in [2.05, 4.69) is 15.0 Å². The van der Waals surface area contributed by atoms with E-state index in [1.54, 1.807) is 14.0 Å². The lowest BCUT2D eigenvalue weighted by molar-refractivity contribution is 0.599. The zero-order valence-corrected chi connectivity index (χ0v) is 13.3. The van der Waals surface area contributed by atoms with Crippen molar-refractivity contribution in [3.63, 3.8) is 0 Å². The molecule has 2 rings (SSSR count). The van der Waals surface area contributed by atoms with Gasteiger partial charge >= 0.3 is 0 Å². The number of sulfonamides is 1. The van der Waals surface area contributed by atoms with Crippen molar-refractivity contribution in [2.24, 2.45) is 0 Å². The number of aryl methyl sites for hydroxylation is 2. The summed E-state index contributed by atoms with van der Waals surface area (Å²) in [6.07, 6.45) is 0. The number of aromatic nitrogens is 1. The summed E-state index contributed by atoms with van der Waals surface area (Å²) < 4.78 is 27.4. The molecule has 19 heavy (non-hydrogen) atoms. The fraction of sp³-hybridized carbons (Fsp3) is 0.364. The van der Waals surface area contributed by atoms with E-state index in [0.29, 0.717) is 16.6 Å². The van der Waals surface area contributed by atoms with Gasteiger partial charge in [-0.05, 0) is 31.8 Å². The Morgan fingerprint density at radius 2 is 2.00 bits per heavy atom. The molecule has 5 nitrogen and oxygen atoms in total. The molecule has 0 spiro atoms. The van der Waals surface area contributed by atoms with E-state index in [4.69, 9.17) is 0 Å². The molecule has 2 aromatic rings. The Morgan fingerprint density at radius 1 is 1.26 bits per heavy atom. The van der Waals surface area contributed by atoms with Crippen LogP contribution in [0, 0.1) is 13.8 Å². The average Bonchev–Trinajstić information content (AvgIpc) is 2.86. The second kappa shape index (κ2) is 5.58. The molecule has 104 valence electrons. The Balaban J connectivity index is 2.36. The Labute approximate surface area is 120 Å². The van der Waals surface area contributed by atoms with E-state index < -0.39 is 10.0 Å². The molecule has 0 aliphatic heterocycles. The Bertz CT molecular complexity index is 673. The van der Waals surface area contributed by atoms with Gasteiger partial charge in [0.15, 0.2) is 5.13 Å². The molecule has 2 N–H and O–H groups in total. The largest absolute Gasteiger partial charge is 0.315 e. The number of thiophene rings is 1. The van der Waals surface area contributed by atoms with Crippen LogP contribution in [-0.4, -0.2) is 20.4 Å². The Hall–Kier alpha value is -0.960. The summed E-state index contributed by atoms with van der Waals surface area (Å²) >= 11 is 2.73. The summed E-state index contributed by atoms with van der Waals surface area (Å²) in [7, 11) is -1.78. The highest BCUT2D eigenvalue weighted by atomic mass is 32.2. The smallest absolute Gasteiger partial charge is 0.265 e. The van der Waals surface area contributed by atoms with Crippen molar-refractivity contribution in [3.8, 4) is 0 Å². The van der Waals surface area contributed by atoms with Gasteiger partial charge in [-0.3, -0.25) is 4.72 Å². The zero-order chi connectivity index (χ0) is 14.0. The summed E-state index contributed by atoms with van der Waals surface area (Å²) in [6.45, 7) is 4.17. The van der Waals surface area contributed by atoms with E-state index in [1.807, 2.05) is 17.7 Å². The van der Waals surface area contributed by atoms with Crippen molar-refractivity contribution in [2.45, 2.75) is 25.3 Å². The lowest BCUT2D eigenvalue weighted by Crippen LogP contribution is -2.16. The third-order valence-electron chi connectivity index (χ3n) is 2.44. The van der Waals surface area contributed by atoms with Gasteiger partial charge in [0.25, 0.3) is 10.0 Å². The monoisotopic (exact) mass is 317 g/mol. The fourth-order valence-corrected chi connectivity index (χ4v) is 5.46. The number of nitrogens with one attached hydrogen (secondary N) is 2. The zero-order valence-electron chi connectivity index (χ0n) is 10.9. The van der Waals surface area contributed by atoms with Crippen molar-refractivity contribution in [1.29, 1.82) is 0 Å². The van der Waals surface area contributed by atoms with Crippen LogP contribution in [0.3, 0.4) is 0 Å². The first-order valence-electron chi connectivity index (χ1n) is 5.60. The van der Waals surface area contributed by atoms with Gasteiger partial charge in [0.1, 0.15) is 4.90 Å². The summed E-state index contributed by atoms with van der Waals surface area (Å²) in [5.41, 5.74) is 1.57. The molecule has 8 heteroatoms. The van der Waals surface area contributed by atoms with Crippen LogP contribution < -0.4 is 10.0 Å². The third-order valence-corrected chi connectivity index (χ3v) is 6.24. The van der Waals surface area contributed by atoms with Crippen LogP contribution in [0.2, 0.25) is 0 Å². The lowest BCUT2D eigenvalue weighted by atomic mass is 10.3. The molecule has 0 amide bonds. The molecule has 0 saturated heterocycles. The topological polar surface area (TPSA) is 71.1 Å². The molecule has 2 aromatic heterocycles. The van der Waals surface area contributed by atoms with Gasteiger partial charge in [-0.15, -0.1) is 22.7 Å². The van der Waals surface area contributed by atoms with Gasteiger partial charge in [-0.2, -0.15) is 0 Å². The van der Waals surface area contributed by atoms with E-state index in [0.717, 1.165) is 16.1 Å². The van der Waals surface area contributed by atoms with Gasteiger partial charge in [0.05, 0.1) is 5.69 Å². The SMILES string of the molecule is CNCc1scc(C)c1S(=O)(=O)Nc1nc(C)cs1. The van der Waals surface area contributed by atoms with E-state index in [1.165, 1.54) is 22.7 Å². The highest BCUT2D eigenvalue weighted by Gasteiger charge is 2.23. The molecule has 0 aliphatic rings. The minimum Gasteiger partial charge on any atom is -0.315 e. The summed E-state index contributed by atoms with van der Waals surface area (Å²) in [6, 6.07) is 0. The summed E-state index contributed by atoms with van der Waals surface area (Å²) in [5.74, 6) is 0. The van der Waals surface area contributed by atoms with Crippen LogP contribution in [-0.2, 0) is 16.6 Å². The number of hydrogen-bond acceptors (Lipinski definition) is 6. The number of rotatable bonds is 5. The predicted molar refractivity (Wildman–Crippen MR) is 79.5 cm³/mol. The fourth-order valence-electron chi connectivity index (χ4n) is 1.70. The van der Waals surface area contributed by atoms with E-state index in [9.17, 15) is 8.42 Å². The van der Waals surface area contributed by atoms with E-state index in [-0.39, 0.29) is 0 Å². The maximum absolute atomic E-state index is 12.4. The second-order valence-corrected chi connectivity index (χ2v) is 7.54. The van der Waals surface area contributed by atoms with Crippen molar-refractivity contribution in [2.75, 3.05) is 11.8 Å². The van der Waals surface area contributed by atoms with Crippen LogP contribution in [0.4, 0.5) is 5.13 Å². The van der Waals surface area contributed by atoms with Crippen LogP contribution in [0.1, 0.15) is 16.1 Å². The van der Waals surface area contributed by atoms with Crippen molar-refractivity contribution < 1.29 is 8.42 Å². The maximum atomic E-state index is 12.4. The average molecular weight is 317 g/mol. The Morgan fingerprint density at radius 3 is 2.58 bits per heavy atom. The summed E-state index contributed by atoms with van der Waals surface area (Å²) in [4.78, 5) is 5.29. The van der Waals surface area contributed by atoms with Gasteiger partial charge < -0.3 is 5.32 Å². The molecule has 0 saturated carbocycles. The molecule has 0 aromatic carbocycles. The minimum atomic E-state index is -3.57. The molecule has 0 radical (unpaired) electrons. The highest BCUT2D eigenvalue weighted by molar-refractivity contribution is 7.93. The first-order chi connectivity index (χ1) is 8.94. The van der Waals surface area contributed by atoms with Gasteiger partial charge in [0.2, 0.25) is 0 Å². The minimum absolute atomic E-state index is 0.361. The number of anilines is 1. The molecule has 0 aliphatic carbocycles. The third kappa shape index (κ3) is 3.14. The van der Waals surface area contributed by atoms with Crippen molar-refractivity contribution in [3.05, 3.63) is 26.9 Å². The molecular formula is C11H15N3O2S3. The standard InChI is InChI=1S/C11H15N3O2S3/c1-7-5-17-9(4-12-3)10(7)19(15,16)14-11-13-8(2)6-18-11/h5-6,12H,4H2,1-3H3,(H,13,14). The summed E-state index contributed by atoms with van der Waals surface area (Å²) in [5, 5.41) is 7.05. The van der Waals surface area contributed by atoms with Crippen LogP contribution in [0.15, 0.2) is 15.7 Å². The lowest BCUT2D eigenvalue weighted by Gasteiger charge is -2.07. The first kappa shape index (κ1) is 14.4. The molecule has 0 bridgehead atoms. The molecule has 0 fully saturated rings. The Kier molecular flexibility index (Phi) is 4.24. The van der Waals surface area contributed by atoms with E-state index >= 15 is 0 Å². The molecular weight excluding hydrogens is 302 g/mol. The highest BCUT2D eigenvalue weighted by Crippen LogP contribution is 2.29. The second-order valence-electron chi connectivity index (χ2n) is 4.10. The number of thiazole rings is 1. The predicted octanol–water partition coefficient (Wildman–Crippen LogP) is 2.34. The van der Waals surface area contributed by atoms with Crippen LogP contribution >= 0.6 is 22.7 Å². The molecule has 2 heterocycles. The first-order valence-corrected chi connectivity index (χ1v) is 8.85. The molecule has 0 unspecified atom stereocenters. The van der Waals surface area contributed by atoms with Crippen LogP contribution in [0.25, 0.3) is 0 Å². The van der Waals surface area contributed by atoms with Gasteiger partial charge in [0, 0.05) is 16.8 Å². The maximum Gasteiger partial charge on any atom is 0.265 e. The number of hydrogen-bond donors (Lipinski definition) is 2. The van der Waals surface area contributed by atoms with Crippen molar-refractivity contribution >= 4 is 37.8 Å². The normalized spacial score (nSPS) is 11.7. The van der Waals surface area contributed by atoms with Crippen molar-refractivity contribution in [1.82, 2.24) is 10.3 Å². The van der Waals surface area contributed by atoms with Crippen LogP contribution in [0.5, 0.6) is 0 Å². The molecule has 0 atom stereocenters. The quantitative estimate of drug-likeness (QED) is 0.888. The number of nitrogens with zero attached hydrogens (tertiary/aromatic N) is 1. The van der Waals surface area contributed by atoms with Gasteiger partial charge in [-0.25, -0.2) is 13.4 Å².